The number of benzene rings is 1. The van der Waals surface area contributed by atoms with Gasteiger partial charge >= 0.3 is 0 Å². The summed E-state index contributed by atoms with van der Waals surface area (Å²) < 4.78 is 22.4. The van der Waals surface area contributed by atoms with E-state index in [0.717, 1.165) is 42.9 Å². The van der Waals surface area contributed by atoms with E-state index in [1.165, 1.54) is 0 Å². The predicted molar refractivity (Wildman–Crippen MR) is 93.0 cm³/mol. The van der Waals surface area contributed by atoms with Gasteiger partial charge in [0.2, 0.25) is 5.91 Å². The number of fused-ring (bicyclic) bond motifs is 1. The van der Waals surface area contributed by atoms with Gasteiger partial charge in [-0.05, 0) is 50.8 Å². The molecule has 2 aliphatic rings. The largest absolute Gasteiger partial charge is 0.486 e. The molecule has 1 saturated heterocycles. The fourth-order valence-electron chi connectivity index (χ4n) is 3.01. The number of ether oxygens (including phenoxy) is 4. The summed E-state index contributed by atoms with van der Waals surface area (Å²) in [5, 5.41) is 2.99. The maximum absolute atomic E-state index is 12.4. The van der Waals surface area contributed by atoms with Crippen LogP contribution in [0.25, 0.3) is 0 Å². The van der Waals surface area contributed by atoms with Crippen molar-refractivity contribution in [3.63, 3.8) is 0 Å². The molecule has 1 fully saturated rings. The monoisotopic (exact) mass is 349 g/mol. The highest BCUT2D eigenvalue weighted by molar-refractivity contribution is 5.80. The molecule has 0 bridgehead atoms. The molecule has 6 nitrogen and oxygen atoms in total. The molecule has 25 heavy (non-hydrogen) atoms. The van der Waals surface area contributed by atoms with Crippen molar-refractivity contribution < 1.29 is 23.7 Å². The maximum atomic E-state index is 12.4. The second-order valence-electron chi connectivity index (χ2n) is 6.60. The van der Waals surface area contributed by atoms with Crippen LogP contribution >= 0.6 is 0 Å². The Morgan fingerprint density at radius 2 is 2.00 bits per heavy atom. The van der Waals surface area contributed by atoms with Crippen molar-refractivity contribution in [2.45, 2.75) is 51.4 Å². The molecule has 2 aliphatic heterocycles. The summed E-state index contributed by atoms with van der Waals surface area (Å²) in [6.45, 7) is 6.08. The Balaban J connectivity index is 1.49. The Morgan fingerprint density at radius 1 is 1.20 bits per heavy atom. The number of nitrogens with one attached hydrogen (secondary N) is 1. The summed E-state index contributed by atoms with van der Waals surface area (Å²) in [4.78, 5) is 12.4. The van der Waals surface area contributed by atoms with Crippen molar-refractivity contribution >= 4 is 5.91 Å². The first-order valence-corrected chi connectivity index (χ1v) is 9.06. The third kappa shape index (κ3) is 4.86. The van der Waals surface area contributed by atoms with Crippen molar-refractivity contribution in [2.24, 2.45) is 0 Å². The lowest BCUT2D eigenvalue weighted by molar-refractivity contribution is -0.136. The summed E-state index contributed by atoms with van der Waals surface area (Å²) in [6, 6.07) is 5.60. The van der Waals surface area contributed by atoms with E-state index in [4.69, 9.17) is 18.9 Å². The zero-order valence-corrected chi connectivity index (χ0v) is 15.0. The highest BCUT2D eigenvalue weighted by Crippen LogP contribution is 2.32. The summed E-state index contributed by atoms with van der Waals surface area (Å²) in [5.74, 6) is 1.35. The number of carbonyl (C=O) groups is 1. The summed E-state index contributed by atoms with van der Waals surface area (Å²) in [5.41, 5.74) is 0.973. The molecule has 0 aromatic heterocycles. The number of rotatable bonds is 6. The minimum Gasteiger partial charge on any atom is -0.486 e. The van der Waals surface area contributed by atoms with Crippen molar-refractivity contribution in [3.8, 4) is 11.5 Å². The van der Waals surface area contributed by atoms with Crippen LogP contribution in [0, 0.1) is 0 Å². The van der Waals surface area contributed by atoms with Crippen molar-refractivity contribution in [1.29, 1.82) is 0 Å². The SMILES string of the molecule is C[C@H](OC[C@H]1CCCCO1)C(=O)N[C@H](C)c1ccc2c(c1)OCCO2. The average molecular weight is 349 g/mol. The molecule has 3 atom stereocenters. The molecule has 0 unspecified atom stereocenters. The Bertz CT molecular complexity index is 585. The number of amides is 1. The molecule has 0 aliphatic carbocycles. The second kappa shape index (κ2) is 8.54. The normalized spacial score (nSPS) is 22.1. The molecule has 0 spiro atoms. The molecular weight excluding hydrogens is 322 g/mol. The second-order valence-corrected chi connectivity index (χ2v) is 6.60. The van der Waals surface area contributed by atoms with Crippen LogP contribution in [0.1, 0.15) is 44.7 Å². The molecule has 1 aromatic carbocycles. The van der Waals surface area contributed by atoms with Crippen LogP contribution in [0.3, 0.4) is 0 Å². The Labute approximate surface area is 148 Å². The third-order valence-electron chi connectivity index (χ3n) is 4.60. The minimum absolute atomic E-state index is 0.110. The van der Waals surface area contributed by atoms with Gasteiger partial charge in [-0.25, -0.2) is 0 Å². The van der Waals surface area contributed by atoms with Crippen molar-refractivity contribution in [3.05, 3.63) is 23.8 Å². The summed E-state index contributed by atoms with van der Waals surface area (Å²) >= 11 is 0. The van der Waals surface area contributed by atoms with Crippen molar-refractivity contribution in [2.75, 3.05) is 26.4 Å². The van der Waals surface area contributed by atoms with Gasteiger partial charge in [-0.15, -0.1) is 0 Å². The smallest absolute Gasteiger partial charge is 0.249 e. The zero-order chi connectivity index (χ0) is 17.6. The average Bonchev–Trinajstić information content (AvgIpc) is 2.66. The third-order valence-corrected chi connectivity index (χ3v) is 4.60. The minimum atomic E-state index is -0.509. The number of carbonyl (C=O) groups excluding carboxylic acids is 1. The lowest BCUT2D eigenvalue weighted by Gasteiger charge is -2.25. The van der Waals surface area contributed by atoms with E-state index >= 15 is 0 Å². The molecular formula is C19H27NO5. The highest BCUT2D eigenvalue weighted by atomic mass is 16.6. The van der Waals surface area contributed by atoms with Gasteiger partial charge in [-0.2, -0.15) is 0 Å². The lowest BCUT2D eigenvalue weighted by Crippen LogP contribution is -2.38. The van der Waals surface area contributed by atoms with Crippen LogP contribution in [0.4, 0.5) is 0 Å². The molecule has 138 valence electrons. The standard InChI is InChI=1S/C19H27NO5/c1-13(15-6-7-17-18(11-15)24-10-9-23-17)20-19(21)14(2)25-12-16-5-3-4-8-22-16/h6-7,11,13-14,16H,3-5,8-10,12H2,1-2H3,(H,20,21)/t13-,14+,16-/m1/s1. The van der Waals surface area contributed by atoms with E-state index in [1.807, 2.05) is 25.1 Å². The van der Waals surface area contributed by atoms with Crippen LogP contribution in [0.15, 0.2) is 18.2 Å². The highest BCUT2D eigenvalue weighted by Gasteiger charge is 2.21. The Morgan fingerprint density at radius 3 is 2.76 bits per heavy atom. The number of hydrogen-bond donors (Lipinski definition) is 1. The van der Waals surface area contributed by atoms with Gasteiger partial charge in [-0.1, -0.05) is 6.07 Å². The first kappa shape index (κ1) is 18.0. The lowest BCUT2D eigenvalue weighted by atomic mass is 10.1. The van der Waals surface area contributed by atoms with Crippen LogP contribution < -0.4 is 14.8 Å². The van der Waals surface area contributed by atoms with Gasteiger partial charge in [-0.3, -0.25) is 4.79 Å². The number of hydrogen-bond acceptors (Lipinski definition) is 5. The molecule has 1 aromatic rings. The van der Waals surface area contributed by atoms with Gasteiger partial charge in [0, 0.05) is 6.61 Å². The van der Waals surface area contributed by atoms with E-state index in [0.29, 0.717) is 19.8 Å². The van der Waals surface area contributed by atoms with Crippen LogP contribution in [0.2, 0.25) is 0 Å². The van der Waals surface area contributed by atoms with Crippen LogP contribution in [-0.4, -0.2) is 44.5 Å². The first-order valence-electron chi connectivity index (χ1n) is 9.06. The predicted octanol–water partition coefficient (Wildman–Crippen LogP) is 2.61. The molecule has 1 amide bonds. The van der Waals surface area contributed by atoms with E-state index in [1.54, 1.807) is 6.92 Å². The van der Waals surface area contributed by atoms with E-state index in [9.17, 15) is 4.79 Å². The first-order chi connectivity index (χ1) is 12.1. The van der Waals surface area contributed by atoms with E-state index < -0.39 is 6.10 Å². The maximum Gasteiger partial charge on any atom is 0.249 e. The fourth-order valence-corrected chi connectivity index (χ4v) is 3.01. The zero-order valence-electron chi connectivity index (χ0n) is 15.0. The summed E-state index contributed by atoms with van der Waals surface area (Å²) in [6.07, 6.45) is 2.88. The topological polar surface area (TPSA) is 66.0 Å². The quantitative estimate of drug-likeness (QED) is 0.855. The van der Waals surface area contributed by atoms with E-state index in [-0.39, 0.29) is 18.1 Å². The summed E-state index contributed by atoms with van der Waals surface area (Å²) in [7, 11) is 0. The van der Waals surface area contributed by atoms with Crippen molar-refractivity contribution in [1.82, 2.24) is 5.32 Å². The molecule has 6 heteroatoms. The van der Waals surface area contributed by atoms with Gasteiger partial charge < -0.3 is 24.3 Å². The molecule has 0 saturated carbocycles. The van der Waals surface area contributed by atoms with Crippen LogP contribution in [-0.2, 0) is 14.3 Å². The van der Waals surface area contributed by atoms with E-state index in [2.05, 4.69) is 5.32 Å². The van der Waals surface area contributed by atoms with Crippen LogP contribution in [0.5, 0.6) is 11.5 Å². The molecule has 2 heterocycles. The van der Waals surface area contributed by atoms with Gasteiger partial charge in [0.15, 0.2) is 11.5 Å². The Hall–Kier alpha value is -1.79. The van der Waals surface area contributed by atoms with Gasteiger partial charge in [0.05, 0.1) is 18.8 Å². The fraction of sp³-hybridized carbons (Fsp3) is 0.632. The molecule has 3 rings (SSSR count). The van der Waals surface area contributed by atoms with Gasteiger partial charge in [0.1, 0.15) is 19.3 Å². The molecule has 1 N–H and O–H groups in total. The molecule has 0 radical (unpaired) electrons. The Kier molecular flexibility index (Phi) is 6.15. The van der Waals surface area contributed by atoms with Gasteiger partial charge in [0.25, 0.3) is 0 Å².